The molecule has 30 heavy (non-hydrogen) atoms. The van der Waals surface area contributed by atoms with Gasteiger partial charge >= 0.3 is 0 Å². The maximum absolute atomic E-state index is 13.0. The molecule has 0 saturated heterocycles. The normalized spacial score (nSPS) is 10.8. The summed E-state index contributed by atoms with van der Waals surface area (Å²) in [6.07, 6.45) is 5.76. The highest BCUT2D eigenvalue weighted by Crippen LogP contribution is 2.34. The average molecular weight is 442 g/mol. The van der Waals surface area contributed by atoms with E-state index in [1.54, 1.807) is 24.3 Å². The van der Waals surface area contributed by atoms with Gasteiger partial charge in [0.2, 0.25) is 5.78 Å². The molecular weight excluding hydrogens is 429 g/mol. The number of hydrogen-bond acceptors (Lipinski definition) is 6. The summed E-state index contributed by atoms with van der Waals surface area (Å²) in [5.41, 5.74) is 1.17. The van der Waals surface area contributed by atoms with Crippen molar-refractivity contribution in [3.63, 3.8) is 0 Å². The van der Waals surface area contributed by atoms with E-state index in [4.69, 9.17) is 32.4 Å². The minimum Gasteiger partial charge on any atom is -0.493 e. The molecule has 0 aliphatic carbocycles. The number of aromatic nitrogens is 2. The minimum absolute atomic E-state index is 0.0646. The third kappa shape index (κ3) is 3.60. The van der Waals surface area contributed by atoms with Crippen LogP contribution in [0.25, 0.3) is 11.0 Å². The Morgan fingerprint density at radius 2 is 1.73 bits per heavy atom. The molecule has 0 aliphatic heterocycles. The molecule has 0 bridgehead atoms. The number of ketones is 1. The van der Waals surface area contributed by atoms with E-state index >= 15 is 0 Å². The van der Waals surface area contributed by atoms with Crippen molar-refractivity contribution in [2.75, 3.05) is 12.4 Å². The quantitative estimate of drug-likeness (QED) is 0.436. The number of rotatable bonds is 5. The largest absolute Gasteiger partial charge is 0.493 e. The molecule has 0 radical (unpaired) electrons. The molecule has 0 unspecified atom stereocenters. The summed E-state index contributed by atoms with van der Waals surface area (Å²) in [6, 6.07) is 7.81. The Kier molecular flexibility index (Phi) is 5.39. The number of nitrogens with one attached hydrogen (secondary N) is 1. The number of pyridine rings is 2. The van der Waals surface area contributed by atoms with Gasteiger partial charge in [0.1, 0.15) is 0 Å². The van der Waals surface area contributed by atoms with Gasteiger partial charge < -0.3 is 14.5 Å². The number of carbonyl (C=O) groups is 2. The molecule has 1 amide bonds. The van der Waals surface area contributed by atoms with E-state index in [1.807, 2.05) is 0 Å². The van der Waals surface area contributed by atoms with Crippen LogP contribution in [0.3, 0.4) is 0 Å². The number of anilines is 1. The number of halogens is 2. The number of methoxy groups -OCH3 is 1. The van der Waals surface area contributed by atoms with Crippen LogP contribution < -0.4 is 10.1 Å². The molecule has 0 aliphatic rings. The Hall–Kier alpha value is -3.42. The van der Waals surface area contributed by atoms with Gasteiger partial charge in [-0.05, 0) is 30.3 Å². The summed E-state index contributed by atoms with van der Waals surface area (Å²) in [6.45, 7) is 0. The summed E-state index contributed by atoms with van der Waals surface area (Å²) >= 11 is 12.2. The molecule has 3 heterocycles. The van der Waals surface area contributed by atoms with Crippen LogP contribution in [0.2, 0.25) is 10.0 Å². The number of furan rings is 1. The number of ether oxygens (including phenoxy) is 1. The molecule has 3 aromatic heterocycles. The van der Waals surface area contributed by atoms with Crippen LogP contribution in [0, 0.1) is 0 Å². The first-order valence-corrected chi connectivity index (χ1v) is 9.40. The first kappa shape index (κ1) is 19.9. The lowest BCUT2D eigenvalue weighted by atomic mass is 10.1. The van der Waals surface area contributed by atoms with Crippen molar-refractivity contribution in [3.05, 3.63) is 82.1 Å². The lowest BCUT2D eigenvalue weighted by molar-refractivity contribution is 0.101. The Balaban J connectivity index is 1.78. The van der Waals surface area contributed by atoms with Gasteiger partial charge in [-0.3, -0.25) is 19.6 Å². The predicted molar refractivity (Wildman–Crippen MR) is 113 cm³/mol. The standard InChI is InChI=1S/C21H13Cl2N3O4/c1-29-16-3-2-12(21(28)26-18-14(22)9-25-10-15(18)23)13-8-17(30-20(13)16)19(27)11-4-6-24-7-5-11/h2-10H,1H3,(H,25,26,28). The number of amides is 1. The van der Waals surface area contributed by atoms with Crippen LogP contribution in [-0.4, -0.2) is 28.8 Å². The molecule has 0 atom stereocenters. The molecular formula is C21H13Cl2N3O4. The first-order chi connectivity index (χ1) is 14.5. The summed E-state index contributed by atoms with van der Waals surface area (Å²) in [7, 11) is 1.47. The predicted octanol–water partition coefficient (Wildman–Crippen LogP) is 5.02. The minimum atomic E-state index is -0.485. The van der Waals surface area contributed by atoms with E-state index in [-0.39, 0.29) is 38.4 Å². The van der Waals surface area contributed by atoms with Crippen LogP contribution in [0.15, 0.2) is 59.5 Å². The smallest absolute Gasteiger partial charge is 0.256 e. The molecule has 9 heteroatoms. The van der Waals surface area contributed by atoms with Crippen molar-refractivity contribution in [3.8, 4) is 5.75 Å². The maximum atomic E-state index is 13.0. The van der Waals surface area contributed by atoms with Crippen LogP contribution in [0.5, 0.6) is 5.75 Å². The fourth-order valence-corrected chi connectivity index (χ4v) is 3.39. The van der Waals surface area contributed by atoms with Crippen LogP contribution >= 0.6 is 23.2 Å². The van der Waals surface area contributed by atoms with Gasteiger partial charge in [-0.15, -0.1) is 0 Å². The second-order valence-electron chi connectivity index (χ2n) is 6.17. The average Bonchev–Trinajstić information content (AvgIpc) is 3.21. The van der Waals surface area contributed by atoms with Crippen molar-refractivity contribution in [2.45, 2.75) is 0 Å². The highest BCUT2D eigenvalue weighted by Gasteiger charge is 2.22. The highest BCUT2D eigenvalue weighted by atomic mass is 35.5. The molecule has 0 saturated carbocycles. The zero-order chi connectivity index (χ0) is 21.3. The van der Waals surface area contributed by atoms with Crippen molar-refractivity contribution < 1.29 is 18.7 Å². The Labute approximate surface area is 180 Å². The van der Waals surface area contributed by atoms with Crippen LogP contribution in [0.1, 0.15) is 26.5 Å². The summed E-state index contributed by atoms with van der Waals surface area (Å²) < 4.78 is 11.1. The van der Waals surface area contributed by atoms with E-state index in [1.165, 1.54) is 38.0 Å². The van der Waals surface area contributed by atoms with Gasteiger partial charge in [0.25, 0.3) is 5.91 Å². The second kappa shape index (κ2) is 8.14. The highest BCUT2D eigenvalue weighted by molar-refractivity contribution is 6.39. The van der Waals surface area contributed by atoms with Crippen LogP contribution in [-0.2, 0) is 0 Å². The van der Waals surface area contributed by atoms with E-state index in [0.717, 1.165) is 0 Å². The zero-order valence-corrected chi connectivity index (χ0v) is 17.0. The summed E-state index contributed by atoms with van der Waals surface area (Å²) in [5.74, 6) is -0.381. The fraction of sp³-hybridized carbons (Fsp3) is 0.0476. The number of fused-ring (bicyclic) bond motifs is 1. The van der Waals surface area contributed by atoms with Crippen molar-refractivity contribution >= 4 is 51.5 Å². The van der Waals surface area contributed by atoms with E-state index in [0.29, 0.717) is 16.7 Å². The SMILES string of the molecule is COc1ccc(C(=O)Nc2c(Cl)cncc2Cl)c2cc(C(=O)c3ccncc3)oc12. The molecule has 150 valence electrons. The van der Waals surface area contributed by atoms with Gasteiger partial charge in [0, 0.05) is 35.7 Å². The monoisotopic (exact) mass is 441 g/mol. The Bertz CT molecular complexity index is 1250. The fourth-order valence-electron chi connectivity index (χ4n) is 2.93. The van der Waals surface area contributed by atoms with Gasteiger partial charge in [0.05, 0.1) is 28.4 Å². The number of hydrogen-bond donors (Lipinski definition) is 1. The van der Waals surface area contributed by atoms with Gasteiger partial charge in [-0.25, -0.2) is 0 Å². The lowest BCUT2D eigenvalue weighted by Gasteiger charge is -2.10. The number of benzene rings is 1. The van der Waals surface area contributed by atoms with Crippen molar-refractivity contribution in [2.24, 2.45) is 0 Å². The number of nitrogens with zero attached hydrogens (tertiary/aromatic N) is 2. The molecule has 7 nitrogen and oxygen atoms in total. The summed E-state index contributed by atoms with van der Waals surface area (Å²) in [5, 5.41) is 3.48. The Morgan fingerprint density at radius 3 is 2.40 bits per heavy atom. The summed E-state index contributed by atoms with van der Waals surface area (Å²) in [4.78, 5) is 33.5. The third-order valence-electron chi connectivity index (χ3n) is 4.37. The number of carbonyl (C=O) groups excluding carboxylic acids is 2. The van der Waals surface area contributed by atoms with Gasteiger partial charge in [-0.2, -0.15) is 0 Å². The molecule has 4 rings (SSSR count). The molecule has 0 fully saturated rings. The van der Waals surface area contributed by atoms with Crippen molar-refractivity contribution in [1.29, 1.82) is 0 Å². The topological polar surface area (TPSA) is 94.3 Å². The van der Waals surface area contributed by atoms with Crippen molar-refractivity contribution in [1.82, 2.24) is 9.97 Å². The lowest BCUT2D eigenvalue weighted by Crippen LogP contribution is -2.13. The zero-order valence-electron chi connectivity index (χ0n) is 15.5. The van der Waals surface area contributed by atoms with E-state index in [2.05, 4.69) is 15.3 Å². The Morgan fingerprint density at radius 1 is 1.03 bits per heavy atom. The van der Waals surface area contributed by atoms with Crippen LogP contribution in [0.4, 0.5) is 5.69 Å². The third-order valence-corrected chi connectivity index (χ3v) is 4.94. The molecule has 1 aromatic carbocycles. The van der Waals surface area contributed by atoms with Gasteiger partial charge in [0.15, 0.2) is 17.1 Å². The molecule has 4 aromatic rings. The molecule has 0 spiro atoms. The van der Waals surface area contributed by atoms with Gasteiger partial charge in [-0.1, -0.05) is 23.2 Å². The first-order valence-electron chi connectivity index (χ1n) is 8.65. The van der Waals surface area contributed by atoms with E-state index in [9.17, 15) is 9.59 Å². The molecule has 1 N–H and O–H groups in total. The second-order valence-corrected chi connectivity index (χ2v) is 6.98. The van der Waals surface area contributed by atoms with E-state index < -0.39 is 5.91 Å². The maximum Gasteiger partial charge on any atom is 0.256 e.